The molecule has 0 amide bonds. The van der Waals surface area contributed by atoms with Crippen LogP contribution in [-0.4, -0.2) is 36.6 Å². The lowest BCUT2D eigenvalue weighted by Gasteiger charge is -2.23. The van der Waals surface area contributed by atoms with E-state index in [1.165, 1.54) is 24.6 Å². The normalized spacial score (nSPS) is 14.3. The van der Waals surface area contributed by atoms with Crippen molar-refractivity contribution in [3.8, 4) is 28.5 Å². The number of aromatic nitrogens is 2. The van der Waals surface area contributed by atoms with E-state index in [4.69, 9.17) is 9.47 Å². The SMILES string of the molecule is COc1ccc(Nc2cc(-c3cccc(OC(F)(F)F)c3)nc(NC3CCCCC3)n2)cc1OC. The lowest BCUT2D eigenvalue weighted by molar-refractivity contribution is -0.274. The van der Waals surface area contributed by atoms with Gasteiger partial charge >= 0.3 is 6.36 Å². The average molecular weight is 489 g/mol. The zero-order chi connectivity index (χ0) is 24.8. The molecule has 1 aromatic heterocycles. The van der Waals surface area contributed by atoms with Gasteiger partial charge in [-0.1, -0.05) is 31.4 Å². The molecule has 0 bridgehead atoms. The summed E-state index contributed by atoms with van der Waals surface area (Å²) in [5.41, 5.74) is 1.62. The molecule has 0 unspecified atom stereocenters. The van der Waals surface area contributed by atoms with Crippen LogP contribution in [0.4, 0.5) is 30.6 Å². The predicted octanol–water partition coefficient (Wildman–Crippen LogP) is 6.55. The minimum atomic E-state index is -4.78. The molecule has 2 aromatic carbocycles. The first-order valence-electron chi connectivity index (χ1n) is 11.3. The Kier molecular flexibility index (Phi) is 7.48. The first kappa shape index (κ1) is 24.4. The van der Waals surface area contributed by atoms with E-state index in [1.807, 2.05) is 6.07 Å². The van der Waals surface area contributed by atoms with Crippen LogP contribution in [0.25, 0.3) is 11.3 Å². The summed E-state index contributed by atoms with van der Waals surface area (Å²) in [5, 5.41) is 6.63. The van der Waals surface area contributed by atoms with Gasteiger partial charge in [-0.15, -0.1) is 13.2 Å². The monoisotopic (exact) mass is 488 g/mol. The molecule has 2 N–H and O–H groups in total. The third-order valence-corrected chi connectivity index (χ3v) is 5.68. The Morgan fingerprint density at radius 1 is 0.886 bits per heavy atom. The number of nitrogens with one attached hydrogen (secondary N) is 2. The summed E-state index contributed by atoms with van der Waals surface area (Å²) in [6.07, 6.45) is 0.715. The highest BCUT2D eigenvalue weighted by atomic mass is 19.4. The van der Waals surface area contributed by atoms with E-state index in [-0.39, 0.29) is 11.8 Å². The van der Waals surface area contributed by atoms with E-state index < -0.39 is 6.36 Å². The highest BCUT2D eigenvalue weighted by Crippen LogP contribution is 2.33. The number of methoxy groups -OCH3 is 2. The Balaban J connectivity index is 1.67. The van der Waals surface area contributed by atoms with Gasteiger partial charge in [-0.2, -0.15) is 4.98 Å². The van der Waals surface area contributed by atoms with Gasteiger partial charge in [0.2, 0.25) is 5.95 Å². The van der Waals surface area contributed by atoms with Crippen molar-refractivity contribution in [1.82, 2.24) is 9.97 Å². The van der Waals surface area contributed by atoms with Gasteiger partial charge in [0.1, 0.15) is 11.6 Å². The van der Waals surface area contributed by atoms with E-state index in [2.05, 4.69) is 25.3 Å². The van der Waals surface area contributed by atoms with Crippen LogP contribution in [-0.2, 0) is 0 Å². The number of hydrogen-bond acceptors (Lipinski definition) is 7. The lowest BCUT2D eigenvalue weighted by atomic mass is 9.96. The summed E-state index contributed by atoms with van der Waals surface area (Å²) in [4.78, 5) is 9.21. The first-order valence-corrected chi connectivity index (χ1v) is 11.3. The van der Waals surface area contributed by atoms with E-state index in [9.17, 15) is 13.2 Å². The molecule has 0 radical (unpaired) electrons. The number of ether oxygens (including phenoxy) is 3. The zero-order valence-corrected chi connectivity index (χ0v) is 19.5. The van der Waals surface area contributed by atoms with Crippen molar-refractivity contribution in [2.24, 2.45) is 0 Å². The van der Waals surface area contributed by atoms with Gasteiger partial charge in [0, 0.05) is 29.4 Å². The van der Waals surface area contributed by atoms with Crippen molar-refractivity contribution in [3.05, 3.63) is 48.5 Å². The van der Waals surface area contributed by atoms with Crippen molar-refractivity contribution in [3.63, 3.8) is 0 Å². The topological polar surface area (TPSA) is 77.5 Å². The van der Waals surface area contributed by atoms with Crippen molar-refractivity contribution in [2.75, 3.05) is 24.9 Å². The largest absolute Gasteiger partial charge is 0.573 e. The minimum absolute atomic E-state index is 0.243. The van der Waals surface area contributed by atoms with Crippen molar-refractivity contribution < 1.29 is 27.4 Å². The van der Waals surface area contributed by atoms with Gasteiger partial charge in [0.15, 0.2) is 11.5 Å². The highest BCUT2D eigenvalue weighted by molar-refractivity contribution is 5.69. The molecule has 1 fully saturated rings. The molecule has 7 nitrogen and oxygen atoms in total. The average Bonchev–Trinajstić information content (AvgIpc) is 2.83. The summed E-state index contributed by atoms with van der Waals surface area (Å²) in [5.74, 6) is 1.69. The molecule has 35 heavy (non-hydrogen) atoms. The fourth-order valence-corrected chi connectivity index (χ4v) is 4.07. The number of nitrogens with zero attached hydrogens (tertiary/aromatic N) is 2. The molecule has 4 rings (SSSR count). The second-order valence-corrected chi connectivity index (χ2v) is 8.21. The fraction of sp³-hybridized carbons (Fsp3) is 0.360. The van der Waals surface area contributed by atoms with Crippen LogP contribution in [0.3, 0.4) is 0 Å². The third-order valence-electron chi connectivity index (χ3n) is 5.68. The summed E-state index contributed by atoms with van der Waals surface area (Å²) >= 11 is 0. The summed E-state index contributed by atoms with van der Waals surface area (Å²) in [7, 11) is 3.11. The smallest absolute Gasteiger partial charge is 0.493 e. The molecule has 1 saturated carbocycles. The number of alkyl halides is 3. The molecule has 1 aliphatic carbocycles. The summed E-state index contributed by atoms with van der Waals surface area (Å²) in [6.45, 7) is 0. The summed E-state index contributed by atoms with van der Waals surface area (Å²) in [6, 6.07) is 13.0. The van der Waals surface area contributed by atoms with Crippen molar-refractivity contribution in [2.45, 2.75) is 44.5 Å². The molecule has 10 heteroatoms. The number of anilines is 3. The van der Waals surface area contributed by atoms with Crippen molar-refractivity contribution in [1.29, 1.82) is 0 Å². The maximum Gasteiger partial charge on any atom is 0.573 e. The molecule has 0 spiro atoms. The van der Waals surface area contributed by atoms with E-state index in [0.29, 0.717) is 40.2 Å². The molecule has 186 valence electrons. The second-order valence-electron chi connectivity index (χ2n) is 8.21. The fourth-order valence-electron chi connectivity index (χ4n) is 4.07. The molecule has 0 atom stereocenters. The number of halogens is 3. The van der Waals surface area contributed by atoms with Crippen LogP contribution in [0.5, 0.6) is 17.2 Å². The van der Waals surface area contributed by atoms with Gasteiger partial charge in [-0.25, -0.2) is 4.98 Å². The Morgan fingerprint density at radius 3 is 2.37 bits per heavy atom. The molecule has 3 aromatic rings. The second kappa shape index (κ2) is 10.7. The quantitative estimate of drug-likeness (QED) is 0.372. The zero-order valence-electron chi connectivity index (χ0n) is 19.5. The maximum atomic E-state index is 12.7. The molecule has 1 heterocycles. The van der Waals surface area contributed by atoms with Crippen LogP contribution in [0.2, 0.25) is 0 Å². The minimum Gasteiger partial charge on any atom is -0.493 e. The third kappa shape index (κ3) is 6.68. The Labute approximate surface area is 201 Å². The number of rotatable bonds is 8. The summed E-state index contributed by atoms with van der Waals surface area (Å²) < 4.78 is 53.0. The maximum absolute atomic E-state index is 12.7. The van der Waals surface area contributed by atoms with Gasteiger partial charge in [-0.3, -0.25) is 0 Å². The lowest BCUT2D eigenvalue weighted by Crippen LogP contribution is -2.23. The number of hydrogen-bond donors (Lipinski definition) is 2. The molecular formula is C25H27F3N4O3. The Morgan fingerprint density at radius 2 is 1.66 bits per heavy atom. The molecule has 0 aliphatic heterocycles. The molecule has 1 aliphatic rings. The van der Waals surface area contributed by atoms with Crippen LogP contribution in [0.15, 0.2) is 48.5 Å². The number of benzene rings is 2. The first-order chi connectivity index (χ1) is 16.8. The van der Waals surface area contributed by atoms with Gasteiger partial charge in [-0.05, 0) is 37.1 Å². The van der Waals surface area contributed by atoms with E-state index >= 15 is 0 Å². The van der Waals surface area contributed by atoms with Crippen LogP contribution < -0.4 is 24.8 Å². The molecule has 0 saturated heterocycles. The van der Waals surface area contributed by atoms with Gasteiger partial charge in [0.25, 0.3) is 0 Å². The predicted molar refractivity (Wildman–Crippen MR) is 127 cm³/mol. The highest BCUT2D eigenvalue weighted by Gasteiger charge is 2.31. The van der Waals surface area contributed by atoms with E-state index in [1.54, 1.807) is 38.5 Å². The Bertz CT molecular complexity index is 1150. The van der Waals surface area contributed by atoms with Crippen LogP contribution in [0.1, 0.15) is 32.1 Å². The van der Waals surface area contributed by atoms with Gasteiger partial charge < -0.3 is 24.8 Å². The van der Waals surface area contributed by atoms with Crippen LogP contribution in [0, 0.1) is 0 Å². The van der Waals surface area contributed by atoms with Crippen LogP contribution >= 0.6 is 0 Å². The Hall–Kier alpha value is -3.69. The molecular weight excluding hydrogens is 461 g/mol. The standard InChI is InChI=1S/C25H27F3N4O3/c1-33-21-12-11-18(14-22(21)34-2)29-23-15-20(16-7-6-10-19(13-16)35-25(26,27)28)31-24(32-23)30-17-8-4-3-5-9-17/h6-7,10-15,17H,3-5,8-9H2,1-2H3,(H2,29,30,31,32). The van der Waals surface area contributed by atoms with E-state index in [0.717, 1.165) is 25.7 Å². The van der Waals surface area contributed by atoms with Gasteiger partial charge in [0.05, 0.1) is 19.9 Å². The van der Waals surface area contributed by atoms with Crippen molar-refractivity contribution >= 4 is 17.5 Å².